The van der Waals surface area contributed by atoms with Gasteiger partial charge in [-0.2, -0.15) is 21.6 Å². The van der Waals surface area contributed by atoms with Crippen molar-refractivity contribution in [3.05, 3.63) is 0 Å². The van der Waals surface area contributed by atoms with E-state index in [1.165, 1.54) is 0 Å². The van der Waals surface area contributed by atoms with E-state index >= 15 is 0 Å². The van der Waals surface area contributed by atoms with E-state index in [1.807, 2.05) is 0 Å². The molecule has 0 saturated carbocycles. The molecule has 0 bridgehead atoms. The van der Waals surface area contributed by atoms with Crippen molar-refractivity contribution in [2.75, 3.05) is 13.2 Å². The molecule has 0 radical (unpaired) electrons. The molecule has 0 aromatic rings. The molecule has 0 amide bonds. The van der Waals surface area contributed by atoms with Crippen LogP contribution in [0, 0.1) is 0 Å². The fourth-order valence-corrected chi connectivity index (χ4v) is 2.37. The Kier molecular flexibility index (Phi) is 5.21. The Morgan fingerprint density at radius 3 is 2.21 bits per heavy atom. The van der Waals surface area contributed by atoms with Crippen LogP contribution >= 0.6 is 0 Å². The quantitative estimate of drug-likeness (QED) is 0.321. The second-order valence-corrected chi connectivity index (χ2v) is 6.04. The van der Waals surface area contributed by atoms with Gasteiger partial charge in [0.2, 0.25) is 0 Å². The van der Waals surface area contributed by atoms with E-state index in [0.717, 1.165) is 0 Å². The predicted molar refractivity (Wildman–Crippen MR) is 57.7 cm³/mol. The number of hydrogen-bond acceptors (Lipinski definition) is 8. The SMILES string of the molecule is O=S(=O)(O)NC1COC(COS(=O)(=O)O)[C@@H](O)[C@H]1O. The zero-order chi connectivity index (χ0) is 14.8. The molecular formula is C6H13NO10S2. The number of hydrogen-bond donors (Lipinski definition) is 5. The summed E-state index contributed by atoms with van der Waals surface area (Å²) in [5.74, 6) is 0. The molecular weight excluding hydrogens is 310 g/mol. The van der Waals surface area contributed by atoms with E-state index in [0.29, 0.717) is 0 Å². The summed E-state index contributed by atoms with van der Waals surface area (Å²) in [5, 5.41) is 19.1. The van der Waals surface area contributed by atoms with Crippen LogP contribution in [0.3, 0.4) is 0 Å². The fraction of sp³-hybridized carbons (Fsp3) is 1.00. The van der Waals surface area contributed by atoms with Crippen LogP contribution in [0.4, 0.5) is 0 Å². The van der Waals surface area contributed by atoms with E-state index in [4.69, 9.17) is 13.8 Å². The minimum atomic E-state index is -4.73. The summed E-state index contributed by atoms with van der Waals surface area (Å²) in [7, 11) is -9.33. The van der Waals surface area contributed by atoms with Crippen molar-refractivity contribution < 1.29 is 45.1 Å². The third kappa shape index (κ3) is 5.64. The van der Waals surface area contributed by atoms with Gasteiger partial charge in [-0.05, 0) is 0 Å². The second-order valence-electron chi connectivity index (χ2n) is 3.76. The van der Waals surface area contributed by atoms with Crippen LogP contribution in [0.2, 0.25) is 0 Å². The van der Waals surface area contributed by atoms with Crippen molar-refractivity contribution in [3.63, 3.8) is 0 Å². The van der Waals surface area contributed by atoms with Gasteiger partial charge in [-0.25, -0.2) is 4.18 Å². The van der Waals surface area contributed by atoms with Crippen LogP contribution in [-0.2, 0) is 29.6 Å². The van der Waals surface area contributed by atoms with Crippen molar-refractivity contribution in [2.24, 2.45) is 0 Å². The van der Waals surface area contributed by atoms with Crippen molar-refractivity contribution in [1.29, 1.82) is 0 Å². The maximum atomic E-state index is 10.5. The first-order chi connectivity index (χ1) is 8.49. The monoisotopic (exact) mass is 323 g/mol. The highest BCUT2D eigenvalue weighted by atomic mass is 32.3. The Labute approximate surface area is 109 Å². The molecule has 1 heterocycles. The molecule has 2 unspecified atom stereocenters. The molecule has 114 valence electrons. The Hall–Kier alpha value is -0.380. The van der Waals surface area contributed by atoms with Crippen molar-refractivity contribution in [2.45, 2.75) is 24.4 Å². The summed E-state index contributed by atoms with van der Waals surface area (Å²) in [6, 6.07) is -1.31. The summed E-state index contributed by atoms with van der Waals surface area (Å²) in [4.78, 5) is 0. The lowest BCUT2D eigenvalue weighted by Crippen LogP contribution is -2.60. The molecule has 0 aromatic carbocycles. The van der Waals surface area contributed by atoms with Gasteiger partial charge in [0.1, 0.15) is 18.3 Å². The highest BCUT2D eigenvalue weighted by Gasteiger charge is 2.40. The molecule has 1 aliphatic rings. The summed E-state index contributed by atoms with van der Waals surface area (Å²) < 4.78 is 69.1. The number of aliphatic hydroxyl groups excluding tert-OH is 2. The van der Waals surface area contributed by atoms with Crippen LogP contribution in [0.25, 0.3) is 0 Å². The van der Waals surface area contributed by atoms with Gasteiger partial charge in [0.25, 0.3) is 0 Å². The molecule has 0 aromatic heterocycles. The van der Waals surface area contributed by atoms with Crippen molar-refractivity contribution in [1.82, 2.24) is 4.72 Å². The minimum Gasteiger partial charge on any atom is -0.389 e. The van der Waals surface area contributed by atoms with Gasteiger partial charge in [0, 0.05) is 0 Å². The third-order valence-electron chi connectivity index (χ3n) is 2.31. The van der Waals surface area contributed by atoms with Crippen LogP contribution in [0.15, 0.2) is 0 Å². The number of aliphatic hydroxyl groups is 2. The van der Waals surface area contributed by atoms with Crippen LogP contribution in [0.1, 0.15) is 0 Å². The molecule has 19 heavy (non-hydrogen) atoms. The summed E-state index contributed by atoms with van der Waals surface area (Å²) in [6.45, 7) is -1.22. The average molecular weight is 323 g/mol. The summed E-state index contributed by atoms with van der Waals surface area (Å²) in [6.07, 6.45) is -4.64. The predicted octanol–water partition coefficient (Wildman–Crippen LogP) is -3.31. The minimum absolute atomic E-state index is 0.447. The van der Waals surface area contributed by atoms with Gasteiger partial charge in [-0.1, -0.05) is 0 Å². The molecule has 1 saturated heterocycles. The van der Waals surface area contributed by atoms with Crippen molar-refractivity contribution >= 4 is 20.7 Å². The molecule has 0 spiro atoms. The average Bonchev–Trinajstić information content (AvgIpc) is 2.21. The smallest absolute Gasteiger partial charge is 0.389 e. The van der Waals surface area contributed by atoms with E-state index < -0.39 is 58.3 Å². The largest absolute Gasteiger partial charge is 0.397 e. The van der Waals surface area contributed by atoms with Gasteiger partial charge < -0.3 is 14.9 Å². The number of ether oxygens (including phenoxy) is 1. The first-order valence-corrected chi connectivity index (χ1v) is 7.64. The fourth-order valence-electron chi connectivity index (χ4n) is 1.48. The molecule has 1 rings (SSSR count). The van der Waals surface area contributed by atoms with Gasteiger partial charge in [-0.15, -0.1) is 0 Å². The van der Waals surface area contributed by atoms with E-state index in [9.17, 15) is 27.0 Å². The Morgan fingerprint density at radius 1 is 1.16 bits per heavy atom. The highest BCUT2D eigenvalue weighted by Crippen LogP contribution is 2.17. The molecule has 5 N–H and O–H groups in total. The summed E-state index contributed by atoms with van der Waals surface area (Å²) >= 11 is 0. The van der Waals surface area contributed by atoms with Crippen LogP contribution < -0.4 is 4.72 Å². The van der Waals surface area contributed by atoms with Crippen LogP contribution in [-0.4, -0.2) is 73.7 Å². The topological polar surface area (TPSA) is 180 Å². The van der Waals surface area contributed by atoms with Crippen molar-refractivity contribution in [3.8, 4) is 0 Å². The lowest BCUT2D eigenvalue weighted by molar-refractivity contribution is -0.156. The van der Waals surface area contributed by atoms with Gasteiger partial charge in [-0.3, -0.25) is 9.11 Å². The second kappa shape index (κ2) is 5.94. The Bertz CT molecular complexity index is 498. The molecule has 0 aliphatic carbocycles. The maximum absolute atomic E-state index is 10.5. The van der Waals surface area contributed by atoms with Crippen LogP contribution in [0.5, 0.6) is 0 Å². The zero-order valence-corrected chi connectivity index (χ0v) is 10.9. The maximum Gasteiger partial charge on any atom is 0.397 e. The number of nitrogens with one attached hydrogen (secondary N) is 1. The van der Waals surface area contributed by atoms with Gasteiger partial charge >= 0.3 is 20.7 Å². The van der Waals surface area contributed by atoms with E-state index in [1.54, 1.807) is 4.72 Å². The first-order valence-electron chi connectivity index (χ1n) is 4.84. The Morgan fingerprint density at radius 2 is 1.74 bits per heavy atom. The first kappa shape index (κ1) is 16.7. The van der Waals surface area contributed by atoms with Gasteiger partial charge in [0.15, 0.2) is 0 Å². The third-order valence-corrected chi connectivity index (χ3v) is 3.35. The summed E-state index contributed by atoms with van der Waals surface area (Å²) in [5.41, 5.74) is 0. The number of rotatable bonds is 5. The van der Waals surface area contributed by atoms with E-state index in [2.05, 4.69) is 4.18 Å². The molecule has 4 atom stereocenters. The highest BCUT2D eigenvalue weighted by molar-refractivity contribution is 7.83. The molecule has 1 aliphatic heterocycles. The Balaban J connectivity index is 2.62. The molecule has 1 fully saturated rings. The normalized spacial score (nSPS) is 33.3. The van der Waals surface area contributed by atoms with Gasteiger partial charge in [0.05, 0.1) is 19.3 Å². The molecule has 13 heteroatoms. The lowest BCUT2D eigenvalue weighted by atomic mass is 9.99. The van der Waals surface area contributed by atoms with E-state index in [-0.39, 0.29) is 0 Å². The zero-order valence-electron chi connectivity index (χ0n) is 9.28. The standard InChI is InChI=1S/C6H13NO10S2/c8-5-3(7-18(10,11)12)1-16-4(6(5)9)2-17-19(13,14)15/h3-9H,1-2H2,(H,10,11,12)(H,13,14,15)/t3?,4?,5-,6+/m0/s1. The lowest BCUT2D eigenvalue weighted by Gasteiger charge is -2.36. The molecule has 11 nitrogen and oxygen atoms in total.